The van der Waals surface area contributed by atoms with Crippen molar-refractivity contribution in [1.82, 2.24) is 19.9 Å². The molecule has 0 saturated carbocycles. The molecule has 0 spiro atoms. The smallest absolute Gasteiger partial charge is 0.164 e. The second-order valence-corrected chi connectivity index (χ2v) is 9.59. The Balaban J connectivity index is 1.35. The highest BCUT2D eigenvalue weighted by molar-refractivity contribution is 5.99. The molecule has 0 aliphatic heterocycles. The van der Waals surface area contributed by atoms with Crippen LogP contribution in [0.25, 0.3) is 67.2 Å². The molecule has 0 atom stereocenters. The van der Waals surface area contributed by atoms with Crippen LogP contribution in [0.3, 0.4) is 0 Å². The minimum atomic E-state index is 0.650. The van der Waals surface area contributed by atoms with Crippen molar-refractivity contribution in [3.05, 3.63) is 146 Å². The van der Waals surface area contributed by atoms with Gasteiger partial charge >= 0.3 is 0 Å². The average Bonchev–Trinajstić information content (AvgIpc) is 3.05. The lowest BCUT2D eigenvalue weighted by Gasteiger charge is -2.11. The standard InChI is InChI=1S/C36H24N4/c1-3-8-29(9-4-1)34-38-35(30-10-5-2-6-11-30)40-36(39-34)31-19-18-27-12-7-13-32(33(27)24-31)28-16-14-25(15-17-28)26-20-22-37-23-21-26/h1-24H. The number of benzene rings is 5. The van der Waals surface area contributed by atoms with Gasteiger partial charge in [0.05, 0.1) is 0 Å². The molecular weight excluding hydrogens is 488 g/mol. The fraction of sp³-hybridized carbons (Fsp3) is 0. The molecule has 0 N–H and O–H groups in total. The molecule has 0 bridgehead atoms. The molecule has 40 heavy (non-hydrogen) atoms. The second kappa shape index (κ2) is 10.4. The third-order valence-electron chi connectivity index (χ3n) is 7.05. The van der Waals surface area contributed by atoms with E-state index in [0.29, 0.717) is 17.5 Å². The first kappa shape index (κ1) is 23.6. The Morgan fingerprint density at radius 2 is 0.875 bits per heavy atom. The minimum Gasteiger partial charge on any atom is -0.265 e. The zero-order chi connectivity index (χ0) is 26.7. The topological polar surface area (TPSA) is 51.6 Å². The molecule has 2 heterocycles. The van der Waals surface area contributed by atoms with E-state index in [2.05, 4.69) is 65.6 Å². The summed E-state index contributed by atoms with van der Waals surface area (Å²) in [5.74, 6) is 1.96. The number of nitrogens with zero attached hydrogens (tertiary/aromatic N) is 4. The monoisotopic (exact) mass is 512 g/mol. The molecule has 2 aromatic heterocycles. The van der Waals surface area contributed by atoms with Crippen LogP contribution in [0.2, 0.25) is 0 Å². The average molecular weight is 513 g/mol. The molecule has 0 unspecified atom stereocenters. The van der Waals surface area contributed by atoms with Crippen molar-refractivity contribution in [2.75, 3.05) is 0 Å². The largest absolute Gasteiger partial charge is 0.265 e. The highest BCUT2D eigenvalue weighted by Gasteiger charge is 2.13. The molecule has 5 aromatic carbocycles. The summed E-state index contributed by atoms with van der Waals surface area (Å²) in [6.07, 6.45) is 3.64. The Kier molecular flexibility index (Phi) is 6.11. The van der Waals surface area contributed by atoms with E-state index in [-0.39, 0.29) is 0 Å². The molecule has 0 aliphatic rings. The van der Waals surface area contributed by atoms with Gasteiger partial charge in [0.1, 0.15) is 0 Å². The van der Waals surface area contributed by atoms with Crippen molar-refractivity contribution in [2.24, 2.45) is 0 Å². The predicted octanol–water partition coefficient (Wildman–Crippen LogP) is 8.75. The maximum absolute atomic E-state index is 4.93. The minimum absolute atomic E-state index is 0.650. The van der Waals surface area contributed by atoms with Gasteiger partial charge in [-0.15, -0.1) is 0 Å². The first-order chi connectivity index (χ1) is 19.8. The van der Waals surface area contributed by atoms with E-state index < -0.39 is 0 Å². The summed E-state index contributed by atoms with van der Waals surface area (Å²) < 4.78 is 0. The van der Waals surface area contributed by atoms with Crippen LogP contribution < -0.4 is 0 Å². The van der Waals surface area contributed by atoms with Crippen molar-refractivity contribution in [1.29, 1.82) is 0 Å². The maximum atomic E-state index is 4.93. The molecule has 0 aliphatic carbocycles. The molecule has 0 radical (unpaired) electrons. The zero-order valence-corrected chi connectivity index (χ0v) is 21.6. The fourth-order valence-corrected chi connectivity index (χ4v) is 4.99. The summed E-state index contributed by atoms with van der Waals surface area (Å²) in [5.41, 5.74) is 7.51. The Labute approximate surface area is 232 Å². The summed E-state index contributed by atoms with van der Waals surface area (Å²) in [7, 11) is 0. The Hall–Kier alpha value is -5.48. The van der Waals surface area contributed by atoms with Gasteiger partial charge in [-0.1, -0.05) is 115 Å². The van der Waals surface area contributed by atoms with Gasteiger partial charge in [-0.2, -0.15) is 0 Å². The van der Waals surface area contributed by atoms with E-state index in [0.717, 1.165) is 33.2 Å². The number of aromatic nitrogens is 4. The SMILES string of the molecule is c1ccc(-c2nc(-c3ccccc3)nc(-c3ccc4cccc(-c5ccc(-c6ccncc6)cc5)c4c3)n2)cc1. The van der Waals surface area contributed by atoms with Crippen LogP contribution >= 0.6 is 0 Å². The van der Waals surface area contributed by atoms with Crippen LogP contribution in [-0.4, -0.2) is 19.9 Å². The number of hydrogen-bond donors (Lipinski definition) is 0. The van der Waals surface area contributed by atoms with Crippen molar-refractivity contribution >= 4 is 10.8 Å². The number of rotatable bonds is 5. The van der Waals surface area contributed by atoms with Crippen molar-refractivity contribution < 1.29 is 0 Å². The molecule has 4 heteroatoms. The van der Waals surface area contributed by atoms with Crippen molar-refractivity contribution in [3.8, 4) is 56.4 Å². The molecule has 0 saturated heterocycles. The van der Waals surface area contributed by atoms with E-state index in [9.17, 15) is 0 Å². The van der Waals surface area contributed by atoms with Crippen LogP contribution in [0.1, 0.15) is 0 Å². The second-order valence-electron chi connectivity index (χ2n) is 9.59. The normalized spacial score (nSPS) is 11.0. The number of fused-ring (bicyclic) bond motifs is 1. The lowest BCUT2D eigenvalue weighted by atomic mass is 9.95. The van der Waals surface area contributed by atoms with Gasteiger partial charge in [-0.3, -0.25) is 4.98 Å². The van der Waals surface area contributed by atoms with Crippen molar-refractivity contribution in [2.45, 2.75) is 0 Å². The van der Waals surface area contributed by atoms with E-state index in [4.69, 9.17) is 15.0 Å². The first-order valence-corrected chi connectivity index (χ1v) is 13.2. The van der Waals surface area contributed by atoms with Gasteiger partial charge in [-0.05, 0) is 51.2 Å². The maximum Gasteiger partial charge on any atom is 0.164 e. The summed E-state index contributed by atoms with van der Waals surface area (Å²) in [4.78, 5) is 18.8. The molecule has 0 amide bonds. The fourth-order valence-electron chi connectivity index (χ4n) is 4.99. The van der Waals surface area contributed by atoms with Gasteiger partial charge in [0.15, 0.2) is 17.5 Å². The molecule has 188 valence electrons. The lowest BCUT2D eigenvalue weighted by molar-refractivity contribution is 1.07. The Bertz CT molecular complexity index is 1860. The third kappa shape index (κ3) is 4.63. The highest BCUT2D eigenvalue weighted by atomic mass is 15.0. The quantitative estimate of drug-likeness (QED) is 0.231. The van der Waals surface area contributed by atoms with E-state index >= 15 is 0 Å². The van der Waals surface area contributed by atoms with Gasteiger partial charge in [-0.25, -0.2) is 15.0 Å². The van der Waals surface area contributed by atoms with Gasteiger partial charge < -0.3 is 0 Å². The van der Waals surface area contributed by atoms with Crippen LogP contribution in [0.5, 0.6) is 0 Å². The third-order valence-corrected chi connectivity index (χ3v) is 7.05. The molecule has 4 nitrogen and oxygen atoms in total. The van der Waals surface area contributed by atoms with Gasteiger partial charge in [0.25, 0.3) is 0 Å². The Morgan fingerprint density at radius 3 is 1.50 bits per heavy atom. The number of pyridine rings is 1. The summed E-state index contributed by atoms with van der Waals surface area (Å²) in [6.45, 7) is 0. The Morgan fingerprint density at radius 1 is 0.350 bits per heavy atom. The van der Waals surface area contributed by atoms with Crippen LogP contribution in [0.4, 0.5) is 0 Å². The van der Waals surface area contributed by atoms with E-state index in [1.807, 2.05) is 85.2 Å². The van der Waals surface area contributed by atoms with Crippen LogP contribution in [-0.2, 0) is 0 Å². The number of hydrogen-bond acceptors (Lipinski definition) is 4. The summed E-state index contributed by atoms with van der Waals surface area (Å²) in [5, 5.41) is 2.32. The lowest BCUT2D eigenvalue weighted by Crippen LogP contribution is -2.00. The van der Waals surface area contributed by atoms with Crippen molar-refractivity contribution in [3.63, 3.8) is 0 Å². The highest BCUT2D eigenvalue weighted by Crippen LogP contribution is 2.33. The van der Waals surface area contributed by atoms with Gasteiger partial charge in [0, 0.05) is 29.1 Å². The van der Waals surface area contributed by atoms with E-state index in [1.165, 1.54) is 16.5 Å². The molecule has 0 fully saturated rings. The molecule has 7 rings (SSSR count). The zero-order valence-electron chi connectivity index (χ0n) is 21.6. The summed E-state index contributed by atoms with van der Waals surface area (Å²) in [6, 6.07) is 45.7. The van der Waals surface area contributed by atoms with Crippen LogP contribution in [0.15, 0.2) is 146 Å². The summed E-state index contributed by atoms with van der Waals surface area (Å²) >= 11 is 0. The van der Waals surface area contributed by atoms with Crippen LogP contribution in [0, 0.1) is 0 Å². The predicted molar refractivity (Wildman–Crippen MR) is 162 cm³/mol. The van der Waals surface area contributed by atoms with Gasteiger partial charge in [0.2, 0.25) is 0 Å². The molecule has 7 aromatic rings. The first-order valence-electron chi connectivity index (χ1n) is 13.2. The molecular formula is C36H24N4. The van der Waals surface area contributed by atoms with E-state index in [1.54, 1.807) is 0 Å².